The van der Waals surface area contributed by atoms with Crippen LogP contribution in [0.25, 0.3) is 11.6 Å². The lowest BCUT2D eigenvalue weighted by molar-refractivity contribution is -0.117. The summed E-state index contributed by atoms with van der Waals surface area (Å²) in [4.78, 5) is 23.0. The fraction of sp³-hybridized carbons (Fsp3) is 0.263. The molecule has 0 saturated carbocycles. The molecular weight excluding hydrogens is 316 g/mol. The highest BCUT2D eigenvalue weighted by atomic mass is 16.5. The van der Waals surface area contributed by atoms with E-state index in [9.17, 15) is 4.79 Å². The fourth-order valence-corrected chi connectivity index (χ4v) is 3.12. The number of nitrogens with zero attached hydrogens (tertiary/aromatic N) is 4. The van der Waals surface area contributed by atoms with Crippen LogP contribution in [0.15, 0.2) is 47.1 Å². The van der Waals surface area contributed by atoms with Gasteiger partial charge >= 0.3 is 0 Å². The van der Waals surface area contributed by atoms with E-state index >= 15 is 0 Å². The predicted molar refractivity (Wildman–Crippen MR) is 93.2 cm³/mol. The van der Waals surface area contributed by atoms with Crippen molar-refractivity contribution in [1.29, 1.82) is 0 Å². The number of amides is 1. The molecule has 1 aliphatic rings. The number of hydrogen-bond acceptors (Lipinski definition) is 5. The summed E-state index contributed by atoms with van der Waals surface area (Å²) in [6.07, 6.45) is 2.06. The summed E-state index contributed by atoms with van der Waals surface area (Å²) in [5.41, 5.74) is 3.81. The number of aryl methyl sites for hydroxylation is 2. The number of carbonyl (C=O) groups is 1. The maximum Gasteiger partial charge on any atom is 0.276 e. The number of benzene rings is 1. The second-order valence-corrected chi connectivity index (χ2v) is 6.37. The summed E-state index contributed by atoms with van der Waals surface area (Å²) in [6, 6.07) is 11.7. The highest BCUT2D eigenvalue weighted by Gasteiger charge is 2.35. The van der Waals surface area contributed by atoms with Crippen LogP contribution in [0.1, 0.15) is 29.3 Å². The maximum atomic E-state index is 12.5. The van der Waals surface area contributed by atoms with E-state index in [4.69, 9.17) is 4.52 Å². The van der Waals surface area contributed by atoms with E-state index < -0.39 is 0 Å². The number of rotatable bonds is 3. The lowest BCUT2D eigenvalue weighted by Gasteiger charge is -2.19. The van der Waals surface area contributed by atoms with Gasteiger partial charge in [-0.3, -0.25) is 9.78 Å². The first-order valence-electron chi connectivity index (χ1n) is 8.24. The zero-order chi connectivity index (χ0) is 17.4. The lowest BCUT2D eigenvalue weighted by Crippen LogP contribution is -2.25. The van der Waals surface area contributed by atoms with Crippen LogP contribution < -0.4 is 4.90 Å². The van der Waals surface area contributed by atoms with E-state index in [0.29, 0.717) is 30.4 Å². The number of pyridine rings is 1. The van der Waals surface area contributed by atoms with Gasteiger partial charge in [0.1, 0.15) is 5.69 Å². The van der Waals surface area contributed by atoms with E-state index in [2.05, 4.69) is 21.2 Å². The Balaban J connectivity index is 1.59. The topological polar surface area (TPSA) is 72.1 Å². The monoisotopic (exact) mass is 334 g/mol. The molecule has 3 heterocycles. The first-order valence-corrected chi connectivity index (χ1v) is 8.24. The Hall–Kier alpha value is -3.02. The van der Waals surface area contributed by atoms with Crippen LogP contribution in [0.5, 0.6) is 0 Å². The van der Waals surface area contributed by atoms with Gasteiger partial charge in [0, 0.05) is 30.8 Å². The molecule has 1 unspecified atom stereocenters. The minimum Gasteiger partial charge on any atom is -0.332 e. The molecule has 1 fully saturated rings. The molecule has 1 aliphatic heterocycles. The standard InChI is InChI=1S/C19H18N4O2/c1-12-6-7-13(2)16(9-12)23-11-14(10-17(23)24)18-21-19(25-22-18)15-5-3-4-8-20-15/h3-9,14H,10-11H2,1-2H3. The average Bonchev–Trinajstić information content (AvgIpc) is 3.25. The third-order valence-electron chi connectivity index (χ3n) is 4.47. The molecule has 2 aromatic heterocycles. The van der Waals surface area contributed by atoms with Gasteiger partial charge in [-0.15, -0.1) is 0 Å². The molecule has 0 N–H and O–H groups in total. The van der Waals surface area contributed by atoms with Crippen molar-refractivity contribution in [2.75, 3.05) is 11.4 Å². The maximum absolute atomic E-state index is 12.5. The Morgan fingerprint density at radius 2 is 2.08 bits per heavy atom. The van der Waals surface area contributed by atoms with E-state index in [-0.39, 0.29) is 11.8 Å². The SMILES string of the molecule is Cc1ccc(C)c(N2CC(c3noc(-c4ccccn4)n3)CC2=O)c1. The molecule has 1 saturated heterocycles. The van der Waals surface area contributed by atoms with Crippen LogP contribution in [0, 0.1) is 13.8 Å². The van der Waals surface area contributed by atoms with Crippen molar-refractivity contribution in [1.82, 2.24) is 15.1 Å². The van der Waals surface area contributed by atoms with Gasteiger partial charge in [0.05, 0.1) is 0 Å². The molecule has 6 heteroatoms. The van der Waals surface area contributed by atoms with Gasteiger partial charge in [-0.25, -0.2) is 0 Å². The summed E-state index contributed by atoms with van der Waals surface area (Å²) in [5, 5.41) is 4.07. The Morgan fingerprint density at radius 1 is 1.20 bits per heavy atom. The minimum atomic E-state index is -0.0753. The molecule has 4 rings (SSSR count). The van der Waals surface area contributed by atoms with Crippen LogP contribution in [0.2, 0.25) is 0 Å². The highest BCUT2D eigenvalue weighted by Crippen LogP contribution is 2.33. The summed E-state index contributed by atoms with van der Waals surface area (Å²) in [5.74, 6) is 0.951. The van der Waals surface area contributed by atoms with E-state index in [1.807, 2.05) is 49.1 Å². The molecule has 25 heavy (non-hydrogen) atoms. The summed E-state index contributed by atoms with van der Waals surface area (Å²) >= 11 is 0. The molecular formula is C19H18N4O2. The molecule has 0 aliphatic carbocycles. The number of hydrogen-bond donors (Lipinski definition) is 0. The van der Waals surface area contributed by atoms with Crippen molar-refractivity contribution >= 4 is 11.6 Å². The first-order chi connectivity index (χ1) is 12.1. The Bertz CT molecular complexity index is 920. The summed E-state index contributed by atoms with van der Waals surface area (Å²) in [6.45, 7) is 4.60. The van der Waals surface area contributed by atoms with Gasteiger partial charge < -0.3 is 9.42 Å². The van der Waals surface area contributed by atoms with Gasteiger partial charge in [-0.05, 0) is 43.2 Å². The van der Waals surface area contributed by atoms with Crippen molar-refractivity contribution in [3.8, 4) is 11.6 Å². The normalized spacial score (nSPS) is 17.3. The zero-order valence-corrected chi connectivity index (χ0v) is 14.1. The van der Waals surface area contributed by atoms with Gasteiger partial charge in [-0.1, -0.05) is 23.4 Å². The molecule has 0 radical (unpaired) electrons. The number of anilines is 1. The van der Waals surface area contributed by atoms with Gasteiger partial charge in [0.15, 0.2) is 5.82 Å². The molecule has 126 valence electrons. The lowest BCUT2D eigenvalue weighted by atomic mass is 10.1. The van der Waals surface area contributed by atoms with Gasteiger partial charge in [0.25, 0.3) is 5.89 Å². The Labute approximate surface area is 145 Å². The van der Waals surface area contributed by atoms with Crippen molar-refractivity contribution in [2.24, 2.45) is 0 Å². The highest BCUT2D eigenvalue weighted by molar-refractivity contribution is 5.97. The largest absolute Gasteiger partial charge is 0.332 e. The summed E-state index contributed by atoms with van der Waals surface area (Å²) < 4.78 is 5.33. The Kier molecular flexibility index (Phi) is 3.80. The predicted octanol–water partition coefficient (Wildman–Crippen LogP) is 3.27. The summed E-state index contributed by atoms with van der Waals surface area (Å²) in [7, 11) is 0. The first kappa shape index (κ1) is 15.5. The van der Waals surface area contributed by atoms with Crippen molar-refractivity contribution < 1.29 is 9.32 Å². The van der Waals surface area contributed by atoms with Crippen LogP contribution in [-0.2, 0) is 4.79 Å². The van der Waals surface area contributed by atoms with Gasteiger partial charge in [0.2, 0.25) is 5.91 Å². The van der Waals surface area contributed by atoms with Crippen LogP contribution >= 0.6 is 0 Å². The quantitative estimate of drug-likeness (QED) is 0.735. The van der Waals surface area contributed by atoms with E-state index in [1.54, 1.807) is 6.20 Å². The number of aromatic nitrogens is 3. The van der Waals surface area contributed by atoms with E-state index in [1.165, 1.54) is 0 Å². The average molecular weight is 334 g/mol. The molecule has 3 aromatic rings. The fourth-order valence-electron chi connectivity index (χ4n) is 3.12. The molecule has 1 amide bonds. The molecule has 0 bridgehead atoms. The second kappa shape index (κ2) is 6.12. The van der Waals surface area contributed by atoms with Crippen molar-refractivity contribution in [3.63, 3.8) is 0 Å². The van der Waals surface area contributed by atoms with Crippen LogP contribution in [-0.4, -0.2) is 27.6 Å². The van der Waals surface area contributed by atoms with Crippen LogP contribution in [0.3, 0.4) is 0 Å². The molecule has 0 spiro atoms. The molecule has 1 atom stereocenters. The minimum absolute atomic E-state index is 0.0753. The van der Waals surface area contributed by atoms with Crippen LogP contribution in [0.4, 0.5) is 5.69 Å². The van der Waals surface area contributed by atoms with E-state index in [0.717, 1.165) is 16.8 Å². The zero-order valence-electron chi connectivity index (χ0n) is 14.1. The van der Waals surface area contributed by atoms with Crippen molar-refractivity contribution in [2.45, 2.75) is 26.2 Å². The van der Waals surface area contributed by atoms with Crippen molar-refractivity contribution in [3.05, 3.63) is 59.5 Å². The smallest absolute Gasteiger partial charge is 0.276 e. The third kappa shape index (κ3) is 2.91. The third-order valence-corrected chi connectivity index (χ3v) is 4.47. The molecule has 6 nitrogen and oxygen atoms in total. The molecule has 1 aromatic carbocycles. The second-order valence-electron chi connectivity index (χ2n) is 6.37. The number of carbonyl (C=O) groups excluding carboxylic acids is 1. The Morgan fingerprint density at radius 3 is 2.88 bits per heavy atom. The van der Waals surface area contributed by atoms with Gasteiger partial charge in [-0.2, -0.15) is 4.98 Å².